The normalized spacial score (nSPS) is 15.2. The first-order chi connectivity index (χ1) is 12.0. The lowest BCUT2D eigenvalue weighted by Gasteiger charge is -2.24. The fourth-order valence-corrected chi connectivity index (χ4v) is 2.84. The number of carbonyl (C=O) groups is 1. The van der Waals surface area contributed by atoms with E-state index in [9.17, 15) is 4.79 Å². The third kappa shape index (κ3) is 5.09. The number of carbonyl (C=O) groups excluding carboxylic acids is 1. The summed E-state index contributed by atoms with van der Waals surface area (Å²) in [5, 5.41) is 2.94. The van der Waals surface area contributed by atoms with Crippen LogP contribution in [0.1, 0.15) is 36.1 Å². The van der Waals surface area contributed by atoms with Gasteiger partial charge in [-0.25, -0.2) is 0 Å². The number of rotatable bonds is 8. The zero-order chi connectivity index (χ0) is 17.8. The smallest absolute Gasteiger partial charge is 0.287 e. The minimum Gasteiger partial charge on any atom is -0.486 e. The number of hydrogen-bond acceptors (Lipinski definition) is 4. The van der Waals surface area contributed by atoms with Crippen LogP contribution in [0, 0.1) is 0 Å². The summed E-state index contributed by atoms with van der Waals surface area (Å²) in [4.78, 5) is 14.5. The van der Waals surface area contributed by atoms with Gasteiger partial charge in [0.15, 0.2) is 5.76 Å². The Morgan fingerprint density at radius 1 is 1.32 bits per heavy atom. The molecule has 2 aromatic rings. The molecule has 1 N–H and O–H groups in total. The number of nitrogens with zero attached hydrogens (tertiary/aromatic N) is 1. The minimum atomic E-state index is -0.189. The van der Waals surface area contributed by atoms with E-state index in [-0.39, 0.29) is 12.5 Å². The first-order valence-electron chi connectivity index (χ1n) is 8.50. The van der Waals surface area contributed by atoms with Gasteiger partial charge in [0.25, 0.3) is 5.91 Å². The molecule has 1 saturated carbocycles. The average Bonchev–Trinajstić information content (AvgIpc) is 3.36. The maximum Gasteiger partial charge on any atom is 0.287 e. The van der Waals surface area contributed by atoms with Gasteiger partial charge in [-0.15, -0.1) is 0 Å². The molecule has 0 saturated heterocycles. The first-order valence-corrected chi connectivity index (χ1v) is 9.29. The summed E-state index contributed by atoms with van der Waals surface area (Å²) in [7, 11) is 2.11. The SMILES string of the molecule is CC(CNC(=O)c1ccc(COc2ccc(Br)cc2)o1)N(C)C1CC1. The molecule has 3 rings (SSSR count). The van der Waals surface area contributed by atoms with E-state index in [0.29, 0.717) is 30.1 Å². The molecule has 1 amide bonds. The van der Waals surface area contributed by atoms with E-state index in [0.717, 1.165) is 10.2 Å². The van der Waals surface area contributed by atoms with Gasteiger partial charge in [-0.3, -0.25) is 9.69 Å². The predicted octanol–water partition coefficient (Wildman–Crippen LogP) is 3.83. The number of nitrogens with one attached hydrogen (secondary N) is 1. The van der Waals surface area contributed by atoms with Crippen LogP contribution >= 0.6 is 15.9 Å². The highest BCUT2D eigenvalue weighted by molar-refractivity contribution is 9.10. The highest BCUT2D eigenvalue weighted by Crippen LogP contribution is 2.26. The largest absolute Gasteiger partial charge is 0.486 e. The molecule has 1 atom stereocenters. The zero-order valence-electron chi connectivity index (χ0n) is 14.5. The van der Waals surface area contributed by atoms with E-state index in [1.54, 1.807) is 12.1 Å². The third-order valence-electron chi connectivity index (χ3n) is 4.46. The first kappa shape index (κ1) is 18.0. The van der Waals surface area contributed by atoms with Crippen molar-refractivity contribution < 1.29 is 13.9 Å². The number of benzene rings is 1. The molecule has 134 valence electrons. The zero-order valence-corrected chi connectivity index (χ0v) is 16.1. The standard InChI is InChI=1S/C19H23BrN2O3/c1-13(22(2)15-5-6-15)11-21-19(23)18-10-9-17(25-18)12-24-16-7-3-14(20)4-8-16/h3-4,7-10,13,15H,5-6,11-12H2,1-2H3,(H,21,23). The van der Waals surface area contributed by atoms with Gasteiger partial charge in [-0.2, -0.15) is 0 Å². The quantitative estimate of drug-likeness (QED) is 0.723. The summed E-state index contributed by atoms with van der Waals surface area (Å²) in [6.07, 6.45) is 2.52. The Morgan fingerprint density at radius 3 is 2.72 bits per heavy atom. The highest BCUT2D eigenvalue weighted by atomic mass is 79.9. The lowest BCUT2D eigenvalue weighted by atomic mass is 10.3. The van der Waals surface area contributed by atoms with Gasteiger partial charge in [0, 0.05) is 23.1 Å². The van der Waals surface area contributed by atoms with Crippen molar-refractivity contribution in [3.63, 3.8) is 0 Å². The van der Waals surface area contributed by atoms with Crippen LogP contribution in [0.15, 0.2) is 45.3 Å². The van der Waals surface area contributed by atoms with Crippen molar-refractivity contribution in [3.05, 3.63) is 52.4 Å². The van der Waals surface area contributed by atoms with Crippen LogP contribution in [0.2, 0.25) is 0 Å². The Hall–Kier alpha value is -1.79. The van der Waals surface area contributed by atoms with Crippen LogP contribution in [0.25, 0.3) is 0 Å². The lowest BCUT2D eigenvalue weighted by molar-refractivity contribution is 0.0907. The van der Waals surface area contributed by atoms with E-state index in [1.807, 2.05) is 24.3 Å². The van der Waals surface area contributed by atoms with E-state index in [2.05, 4.69) is 40.1 Å². The minimum absolute atomic E-state index is 0.189. The van der Waals surface area contributed by atoms with Gasteiger partial charge in [-0.1, -0.05) is 15.9 Å². The van der Waals surface area contributed by atoms with Gasteiger partial charge in [-0.05, 0) is 63.2 Å². The molecule has 0 spiro atoms. The molecule has 1 aromatic carbocycles. The number of halogens is 1. The van der Waals surface area contributed by atoms with Crippen molar-refractivity contribution in [3.8, 4) is 5.75 Å². The van der Waals surface area contributed by atoms with Gasteiger partial charge in [0.2, 0.25) is 0 Å². The van der Waals surface area contributed by atoms with Gasteiger partial charge >= 0.3 is 0 Å². The molecule has 0 radical (unpaired) electrons. The summed E-state index contributed by atoms with van der Waals surface area (Å²) < 4.78 is 12.2. The van der Waals surface area contributed by atoms with Crippen LogP contribution in [-0.4, -0.2) is 36.5 Å². The monoisotopic (exact) mass is 406 g/mol. The van der Waals surface area contributed by atoms with Crippen LogP contribution in [0.4, 0.5) is 0 Å². The predicted molar refractivity (Wildman–Crippen MR) is 99.8 cm³/mol. The molecular formula is C19H23BrN2O3. The summed E-state index contributed by atoms with van der Waals surface area (Å²) >= 11 is 3.38. The molecule has 5 nitrogen and oxygen atoms in total. The number of ether oxygens (including phenoxy) is 1. The Labute approximate surface area is 156 Å². The van der Waals surface area contributed by atoms with Gasteiger partial charge in [0.1, 0.15) is 18.1 Å². The molecule has 1 aromatic heterocycles. The summed E-state index contributed by atoms with van der Waals surface area (Å²) in [5.41, 5.74) is 0. The second kappa shape index (κ2) is 8.06. The Bertz CT molecular complexity index is 710. The lowest BCUT2D eigenvalue weighted by Crippen LogP contribution is -2.41. The van der Waals surface area contributed by atoms with E-state index < -0.39 is 0 Å². The van der Waals surface area contributed by atoms with E-state index >= 15 is 0 Å². The van der Waals surface area contributed by atoms with Crippen molar-refractivity contribution >= 4 is 21.8 Å². The van der Waals surface area contributed by atoms with Crippen molar-refractivity contribution in [1.82, 2.24) is 10.2 Å². The summed E-state index contributed by atoms with van der Waals surface area (Å²) in [5.74, 6) is 1.50. The second-order valence-corrected chi connectivity index (χ2v) is 7.38. The molecule has 0 bridgehead atoms. The molecule has 1 heterocycles. The third-order valence-corrected chi connectivity index (χ3v) is 4.98. The summed E-state index contributed by atoms with van der Waals surface area (Å²) in [6.45, 7) is 3.02. The van der Waals surface area contributed by atoms with Crippen LogP contribution < -0.4 is 10.1 Å². The van der Waals surface area contributed by atoms with E-state index in [4.69, 9.17) is 9.15 Å². The number of likely N-dealkylation sites (N-methyl/N-ethyl adjacent to an activating group) is 1. The summed E-state index contributed by atoms with van der Waals surface area (Å²) in [6, 6.07) is 12.0. The maximum absolute atomic E-state index is 12.2. The van der Waals surface area contributed by atoms with Crippen LogP contribution in [0.3, 0.4) is 0 Å². The molecule has 1 aliphatic rings. The topological polar surface area (TPSA) is 54.7 Å². The van der Waals surface area contributed by atoms with Gasteiger partial charge in [0.05, 0.1) is 0 Å². The molecule has 6 heteroatoms. The van der Waals surface area contributed by atoms with Gasteiger partial charge < -0.3 is 14.5 Å². The van der Waals surface area contributed by atoms with Crippen molar-refractivity contribution in [1.29, 1.82) is 0 Å². The Kier molecular flexibility index (Phi) is 5.81. The van der Waals surface area contributed by atoms with E-state index in [1.165, 1.54) is 12.8 Å². The molecule has 1 aliphatic carbocycles. The van der Waals surface area contributed by atoms with Crippen LogP contribution in [0.5, 0.6) is 5.75 Å². The number of hydrogen-bond donors (Lipinski definition) is 1. The van der Waals surface area contributed by atoms with Crippen molar-refractivity contribution in [2.45, 2.75) is 38.5 Å². The maximum atomic E-state index is 12.2. The van der Waals surface area contributed by atoms with Crippen molar-refractivity contribution in [2.75, 3.05) is 13.6 Å². The molecule has 1 fully saturated rings. The molecule has 1 unspecified atom stereocenters. The molecular weight excluding hydrogens is 384 g/mol. The number of furan rings is 1. The number of amides is 1. The fourth-order valence-electron chi connectivity index (χ4n) is 2.58. The van der Waals surface area contributed by atoms with Crippen LogP contribution in [-0.2, 0) is 6.61 Å². The second-order valence-electron chi connectivity index (χ2n) is 6.46. The molecule has 25 heavy (non-hydrogen) atoms. The fraction of sp³-hybridized carbons (Fsp3) is 0.421. The highest BCUT2D eigenvalue weighted by Gasteiger charge is 2.29. The average molecular weight is 407 g/mol. The Balaban J connectivity index is 1.46. The molecule has 0 aliphatic heterocycles. The van der Waals surface area contributed by atoms with Crippen molar-refractivity contribution in [2.24, 2.45) is 0 Å². The Morgan fingerprint density at radius 2 is 2.04 bits per heavy atom.